The van der Waals surface area contributed by atoms with Crippen LogP contribution < -0.4 is 5.73 Å². The number of benzene rings is 1. The second-order valence-corrected chi connectivity index (χ2v) is 4.37. The van der Waals surface area contributed by atoms with Crippen molar-refractivity contribution in [2.24, 2.45) is 0 Å². The summed E-state index contributed by atoms with van der Waals surface area (Å²) in [6.45, 7) is 2.55. The maximum atomic E-state index is 5.94. The first-order valence-corrected chi connectivity index (χ1v) is 5.86. The van der Waals surface area contributed by atoms with Crippen molar-refractivity contribution in [1.82, 2.24) is 14.8 Å². The van der Waals surface area contributed by atoms with Gasteiger partial charge in [-0.15, -0.1) is 0 Å². The van der Waals surface area contributed by atoms with E-state index in [-0.39, 0.29) is 0 Å². The highest BCUT2D eigenvalue weighted by Gasteiger charge is 2.05. The van der Waals surface area contributed by atoms with E-state index in [1.165, 1.54) is 0 Å². The summed E-state index contributed by atoms with van der Waals surface area (Å²) in [5.74, 6) is 0.699. The molecule has 0 unspecified atom stereocenters. The van der Waals surface area contributed by atoms with Gasteiger partial charge in [0.2, 0.25) is 0 Å². The van der Waals surface area contributed by atoms with Crippen LogP contribution in [0.5, 0.6) is 0 Å². The van der Waals surface area contributed by atoms with Gasteiger partial charge in [0.05, 0.1) is 24.0 Å². The highest BCUT2D eigenvalue weighted by Crippen LogP contribution is 2.14. The number of hydrogen-bond acceptors (Lipinski definition) is 3. The number of hydrogen-bond donors (Lipinski definition) is 1. The van der Waals surface area contributed by atoms with Crippen LogP contribution >= 0.6 is 0 Å². The van der Waals surface area contributed by atoms with E-state index in [2.05, 4.69) is 22.2 Å². The molecule has 0 aliphatic carbocycles. The third-order valence-electron chi connectivity index (χ3n) is 3.04. The molecule has 0 saturated carbocycles. The molecule has 0 aliphatic heterocycles. The number of aryl methyl sites for hydroxylation is 1. The Bertz CT molecular complexity index is 700. The zero-order chi connectivity index (χ0) is 12.5. The maximum Gasteiger partial charge on any atom is 0.125 e. The number of pyridine rings is 1. The van der Waals surface area contributed by atoms with Gasteiger partial charge >= 0.3 is 0 Å². The van der Waals surface area contributed by atoms with Crippen LogP contribution in [0, 0.1) is 6.92 Å². The quantitative estimate of drug-likeness (QED) is 0.745. The van der Waals surface area contributed by atoms with Crippen molar-refractivity contribution in [3.8, 4) is 0 Å². The van der Waals surface area contributed by atoms with Gasteiger partial charge in [-0.25, -0.2) is 4.68 Å². The summed E-state index contributed by atoms with van der Waals surface area (Å²) in [6.07, 6.45) is 1.77. The normalized spacial score (nSPS) is 10.9. The third kappa shape index (κ3) is 1.82. The molecule has 0 atom stereocenters. The largest absolute Gasteiger partial charge is 0.384 e. The summed E-state index contributed by atoms with van der Waals surface area (Å²) < 4.78 is 1.77. The number of nitrogen functional groups attached to an aromatic ring is 1. The van der Waals surface area contributed by atoms with Gasteiger partial charge < -0.3 is 5.73 Å². The molecule has 3 aromatic rings. The summed E-state index contributed by atoms with van der Waals surface area (Å²) in [5, 5.41) is 5.39. The first-order valence-electron chi connectivity index (χ1n) is 5.86. The average Bonchev–Trinajstić information content (AvgIpc) is 2.71. The van der Waals surface area contributed by atoms with Gasteiger partial charge in [-0.1, -0.05) is 24.3 Å². The van der Waals surface area contributed by atoms with Crippen LogP contribution in [0.25, 0.3) is 10.9 Å². The Morgan fingerprint density at radius 1 is 1.17 bits per heavy atom. The topological polar surface area (TPSA) is 56.7 Å². The van der Waals surface area contributed by atoms with Crippen LogP contribution in [-0.4, -0.2) is 14.8 Å². The Morgan fingerprint density at radius 3 is 2.78 bits per heavy atom. The van der Waals surface area contributed by atoms with Crippen LogP contribution in [0.2, 0.25) is 0 Å². The van der Waals surface area contributed by atoms with E-state index in [1.807, 2.05) is 31.2 Å². The molecule has 4 nitrogen and oxygen atoms in total. The maximum absolute atomic E-state index is 5.94. The van der Waals surface area contributed by atoms with Gasteiger partial charge in [0.1, 0.15) is 5.82 Å². The van der Waals surface area contributed by atoms with Crippen LogP contribution in [0.3, 0.4) is 0 Å². The lowest BCUT2D eigenvalue weighted by molar-refractivity contribution is 0.684. The van der Waals surface area contributed by atoms with E-state index in [0.717, 1.165) is 22.2 Å². The van der Waals surface area contributed by atoms with Crippen molar-refractivity contribution in [2.75, 3.05) is 5.73 Å². The highest BCUT2D eigenvalue weighted by atomic mass is 15.3. The summed E-state index contributed by atoms with van der Waals surface area (Å²) in [7, 11) is 0. The standard InChI is InChI=1S/C14H14N4/c1-10-8-16-18(14(10)15)9-12-7-6-11-4-2-3-5-13(11)17-12/h2-8H,9,15H2,1H3. The molecule has 4 heteroatoms. The fourth-order valence-corrected chi connectivity index (χ4v) is 1.96. The smallest absolute Gasteiger partial charge is 0.125 e. The summed E-state index contributed by atoms with van der Waals surface area (Å²) in [6, 6.07) is 12.2. The van der Waals surface area contributed by atoms with Crippen molar-refractivity contribution in [2.45, 2.75) is 13.5 Å². The van der Waals surface area contributed by atoms with E-state index < -0.39 is 0 Å². The summed E-state index contributed by atoms with van der Waals surface area (Å²) >= 11 is 0. The van der Waals surface area contributed by atoms with Crippen molar-refractivity contribution in [3.05, 3.63) is 53.9 Å². The molecule has 18 heavy (non-hydrogen) atoms. The van der Waals surface area contributed by atoms with E-state index in [1.54, 1.807) is 10.9 Å². The zero-order valence-corrected chi connectivity index (χ0v) is 10.2. The summed E-state index contributed by atoms with van der Waals surface area (Å²) in [5.41, 5.74) is 8.89. The molecule has 2 aromatic heterocycles. The van der Waals surface area contributed by atoms with Crippen molar-refractivity contribution in [1.29, 1.82) is 0 Å². The Morgan fingerprint density at radius 2 is 2.00 bits per heavy atom. The molecule has 1 aromatic carbocycles. The van der Waals surface area contributed by atoms with Gasteiger partial charge in [0.15, 0.2) is 0 Å². The first kappa shape index (κ1) is 10.8. The molecule has 0 aliphatic rings. The molecule has 0 fully saturated rings. The molecule has 0 bridgehead atoms. The van der Waals surface area contributed by atoms with Crippen LogP contribution in [0.4, 0.5) is 5.82 Å². The highest BCUT2D eigenvalue weighted by molar-refractivity contribution is 5.78. The number of aromatic nitrogens is 3. The molecule has 0 radical (unpaired) electrons. The van der Waals surface area contributed by atoms with E-state index >= 15 is 0 Å². The fourth-order valence-electron chi connectivity index (χ4n) is 1.96. The Labute approximate surface area is 105 Å². The predicted octanol–water partition coefficient (Wildman–Crippen LogP) is 2.37. The van der Waals surface area contributed by atoms with Crippen molar-refractivity contribution >= 4 is 16.7 Å². The lowest BCUT2D eigenvalue weighted by Gasteiger charge is -2.05. The molecular weight excluding hydrogens is 224 g/mol. The molecule has 90 valence electrons. The number of nitrogens with two attached hydrogens (primary N) is 1. The van der Waals surface area contributed by atoms with Gasteiger partial charge in [0.25, 0.3) is 0 Å². The number of para-hydroxylation sites is 1. The molecule has 3 rings (SSSR count). The van der Waals surface area contributed by atoms with Crippen molar-refractivity contribution in [3.63, 3.8) is 0 Å². The Kier molecular flexibility index (Phi) is 2.48. The van der Waals surface area contributed by atoms with Gasteiger partial charge in [-0.05, 0) is 19.1 Å². The van der Waals surface area contributed by atoms with Gasteiger partial charge in [0, 0.05) is 10.9 Å². The number of nitrogens with zero attached hydrogens (tertiary/aromatic N) is 3. The molecule has 0 saturated heterocycles. The lowest BCUT2D eigenvalue weighted by atomic mass is 10.2. The minimum Gasteiger partial charge on any atom is -0.384 e. The second kappa shape index (κ2) is 4.14. The molecular formula is C14H14N4. The lowest BCUT2D eigenvalue weighted by Crippen LogP contribution is -2.07. The first-order chi connectivity index (χ1) is 8.74. The predicted molar refractivity (Wildman–Crippen MR) is 72.2 cm³/mol. The zero-order valence-electron chi connectivity index (χ0n) is 10.2. The van der Waals surface area contributed by atoms with Crippen LogP contribution in [0.15, 0.2) is 42.6 Å². The van der Waals surface area contributed by atoms with Crippen molar-refractivity contribution < 1.29 is 0 Å². The average molecular weight is 238 g/mol. The van der Waals surface area contributed by atoms with E-state index in [0.29, 0.717) is 12.4 Å². The van der Waals surface area contributed by atoms with E-state index in [4.69, 9.17) is 5.73 Å². The fraction of sp³-hybridized carbons (Fsp3) is 0.143. The molecule has 2 heterocycles. The molecule has 0 amide bonds. The summed E-state index contributed by atoms with van der Waals surface area (Å²) in [4.78, 5) is 4.60. The van der Waals surface area contributed by atoms with Crippen LogP contribution in [0.1, 0.15) is 11.3 Å². The molecule has 0 spiro atoms. The minimum absolute atomic E-state index is 0.602. The molecule has 2 N–H and O–H groups in total. The SMILES string of the molecule is Cc1cnn(Cc2ccc3ccccc3n2)c1N. The number of rotatable bonds is 2. The van der Waals surface area contributed by atoms with Gasteiger partial charge in [-0.3, -0.25) is 4.98 Å². The van der Waals surface area contributed by atoms with Crippen LogP contribution in [-0.2, 0) is 6.54 Å². The Balaban J connectivity index is 1.98. The van der Waals surface area contributed by atoms with E-state index in [9.17, 15) is 0 Å². The second-order valence-electron chi connectivity index (χ2n) is 4.37. The third-order valence-corrected chi connectivity index (χ3v) is 3.04. The number of fused-ring (bicyclic) bond motifs is 1. The Hall–Kier alpha value is -2.36. The number of anilines is 1. The van der Waals surface area contributed by atoms with Gasteiger partial charge in [-0.2, -0.15) is 5.10 Å². The monoisotopic (exact) mass is 238 g/mol. The minimum atomic E-state index is 0.602.